The highest BCUT2D eigenvalue weighted by molar-refractivity contribution is 7.70. The lowest BCUT2D eigenvalue weighted by Gasteiger charge is -2.22. The van der Waals surface area contributed by atoms with Crippen LogP contribution in [0.2, 0.25) is 0 Å². The summed E-state index contributed by atoms with van der Waals surface area (Å²) in [5.74, 6) is 0. The molecule has 0 heterocycles. The third kappa shape index (κ3) is 1.91. The van der Waals surface area contributed by atoms with Crippen molar-refractivity contribution < 1.29 is 24.0 Å². The standard InChI is InChI=1S/C3H10O5P2/c1-3(4,9(5)6)10(2,7)8/h4,9H,1-2H3,(H,5,6)(H,7,8). The predicted octanol–water partition coefficient (Wildman–Crippen LogP) is 0.0196. The molecule has 3 N–H and O–H groups in total. The van der Waals surface area contributed by atoms with E-state index in [0.29, 0.717) is 0 Å². The van der Waals surface area contributed by atoms with Crippen molar-refractivity contribution in [2.45, 2.75) is 12.0 Å². The van der Waals surface area contributed by atoms with Crippen molar-refractivity contribution in [3.05, 3.63) is 0 Å². The molecule has 0 bridgehead atoms. The van der Waals surface area contributed by atoms with Gasteiger partial charge in [-0.05, 0) is 6.92 Å². The zero-order valence-corrected chi connectivity index (χ0v) is 7.50. The molecule has 0 amide bonds. The maximum Gasteiger partial charge on any atom is 0.237 e. The van der Waals surface area contributed by atoms with Crippen LogP contribution in [0, 0.1) is 0 Å². The molecule has 0 fully saturated rings. The molecule has 0 radical (unpaired) electrons. The van der Waals surface area contributed by atoms with Crippen LogP contribution in [0.25, 0.3) is 0 Å². The number of rotatable bonds is 2. The lowest BCUT2D eigenvalue weighted by atomic mass is 10.9. The summed E-state index contributed by atoms with van der Waals surface area (Å²) in [6.07, 6.45) is 0. The molecule has 0 aliphatic heterocycles. The van der Waals surface area contributed by atoms with Gasteiger partial charge in [-0.1, -0.05) is 0 Å². The predicted molar refractivity (Wildman–Crippen MR) is 37.6 cm³/mol. The molecule has 0 aromatic heterocycles. The highest BCUT2D eigenvalue weighted by Gasteiger charge is 2.42. The van der Waals surface area contributed by atoms with Gasteiger partial charge in [0.05, 0.1) is 0 Å². The molecule has 0 aliphatic carbocycles. The summed E-state index contributed by atoms with van der Waals surface area (Å²) in [6, 6.07) is 0. The normalized spacial score (nSPS) is 26.5. The molecule has 0 saturated heterocycles. The minimum atomic E-state index is -3.89. The molecule has 0 aliphatic rings. The monoisotopic (exact) mass is 188 g/mol. The molecule has 3 atom stereocenters. The first kappa shape index (κ1) is 10.3. The lowest BCUT2D eigenvalue weighted by molar-refractivity contribution is 0.196. The second kappa shape index (κ2) is 2.76. The van der Waals surface area contributed by atoms with Crippen molar-refractivity contribution in [2.24, 2.45) is 0 Å². The fourth-order valence-electron chi connectivity index (χ4n) is 0.177. The van der Waals surface area contributed by atoms with Gasteiger partial charge < -0.3 is 14.9 Å². The van der Waals surface area contributed by atoms with Gasteiger partial charge in [-0.3, -0.25) is 9.13 Å². The highest BCUT2D eigenvalue weighted by Crippen LogP contribution is 2.59. The molecular weight excluding hydrogens is 178 g/mol. The Morgan fingerprint density at radius 1 is 1.60 bits per heavy atom. The largest absolute Gasteiger partial charge is 0.372 e. The maximum absolute atomic E-state index is 10.6. The van der Waals surface area contributed by atoms with Crippen LogP contribution in [0.15, 0.2) is 0 Å². The average molecular weight is 188 g/mol. The molecule has 0 spiro atoms. The van der Waals surface area contributed by atoms with Crippen molar-refractivity contribution in [1.29, 1.82) is 0 Å². The quantitative estimate of drug-likeness (QED) is 0.531. The number of hydrogen-bond acceptors (Lipinski definition) is 3. The van der Waals surface area contributed by atoms with Gasteiger partial charge in [0, 0.05) is 6.66 Å². The van der Waals surface area contributed by atoms with Crippen molar-refractivity contribution in [3.63, 3.8) is 0 Å². The minimum absolute atomic E-state index is 0.839. The molecule has 0 aromatic rings. The number of aliphatic hydroxyl groups is 1. The van der Waals surface area contributed by atoms with E-state index in [1.54, 1.807) is 0 Å². The van der Waals surface area contributed by atoms with Crippen molar-refractivity contribution in [3.8, 4) is 0 Å². The minimum Gasteiger partial charge on any atom is -0.372 e. The molecule has 10 heavy (non-hydrogen) atoms. The van der Waals surface area contributed by atoms with Gasteiger partial charge in [-0.2, -0.15) is 0 Å². The van der Waals surface area contributed by atoms with Gasteiger partial charge in [-0.25, -0.2) is 0 Å². The van der Waals surface area contributed by atoms with E-state index in [2.05, 4.69) is 0 Å². The van der Waals surface area contributed by atoms with Crippen molar-refractivity contribution in [2.75, 3.05) is 6.66 Å². The summed E-state index contributed by atoms with van der Waals surface area (Å²) < 4.78 is 20.9. The van der Waals surface area contributed by atoms with Crippen LogP contribution < -0.4 is 0 Å². The Kier molecular flexibility index (Phi) is 2.85. The summed E-state index contributed by atoms with van der Waals surface area (Å²) in [6.45, 7) is 1.71. The fourth-order valence-corrected chi connectivity index (χ4v) is 1.60. The van der Waals surface area contributed by atoms with Crippen LogP contribution >= 0.6 is 15.4 Å². The molecule has 0 rings (SSSR count). The Bertz CT molecular complexity index is 191. The third-order valence-electron chi connectivity index (χ3n) is 1.21. The van der Waals surface area contributed by atoms with Crippen LogP contribution in [0.3, 0.4) is 0 Å². The number of hydrogen-bond donors (Lipinski definition) is 3. The Morgan fingerprint density at radius 2 is 1.90 bits per heavy atom. The first-order valence-corrected chi connectivity index (χ1v) is 5.92. The first-order valence-electron chi connectivity index (χ1n) is 2.45. The summed E-state index contributed by atoms with van der Waals surface area (Å²) in [5, 5.41) is 6.55. The smallest absolute Gasteiger partial charge is 0.237 e. The topological polar surface area (TPSA) is 94.8 Å². The van der Waals surface area contributed by atoms with Crippen LogP contribution in [-0.4, -0.2) is 26.6 Å². The molecule has 5 nitrogen and oxygen atoms in total. The average Bonchev–Trinajstić information content (AvgIpc) is 1.62. The van der Waals surface area contributed by atoms with Crippen LogP contribution in [0.1, 0.15) is 6.92 Å². The fraction of sp³-hybridized carbons (Fsp3) is 1.00. The Hall–Kier alpha value is 0.340. The Labute approximate surface area is 59.0 Å². The van der Waals surface area contributed by atoms with E-state index in [1.807, 2.05) is 0 Å². The van der Waals surface area contributed by atoms with Crippen LogP contribution in [0.4, 0.5) is 0 Å². The Morgan fingerprint density at radius 3 is 1.90 bits per heavy atom. The zero-order chi connectivity index (χ0) is 8.58. The highest BCUT2D eigenvalue weighted by atomic mass is 31.2. The van der Waals surface area contributed by atoms with E-state index < -0.39 is 20.5 Å². The molecule has 3 unspecified atom stereocenters. The van der Waals surface area contributed by atoms with Gasteiger partial charge in [0.1, 0.15) is 0 Å². The van der Waals surface area contributed by atoms with Crippen molar-refractivity contribution in [1.82, 2.24) is 0 Å². The van der Waals surface area contributed by atoms with E-state index in [0.717, 1.165) is 13.6 Å². The molecule has 62 valence electrons. The molecular formula is C3H10O5P2. The second-order valence-electron chi connectivity index (χ2n) is 2.21. The van der Waals surface area contributed by atoms with Gasteiger partial charge in [-0.15, -0.1) is 0 Å². The van der Waals surface area contributed by atoms with E-state index >= 15 is 0 Å². The summed E-state index contributed by atoms with van der Waals surface area (Å²) in [5.41, 5.74) is 0. The zero-order valence-electron chi connectivity index (χ0n) is 5.61. The van der Waals surface area contributed by atoms with Crippen LogP contribution in [-0.2, 0) is 9.13 Å². The van der Waals surface area contributed by atoms with E-state index in [4.69, 9.17) is 14.9 Å². The van der Waals surface area contributed by atoms with E-state index in [9.17, 15) is 9.13 Å². The SMILES string of the molecule is CC(O)([PH](=O)O)P(C)(=O)O. The summed E-state index contributed by atoms with van der Waals surface area (Å²) >= 11 is 0. The van der Waals surface area contributed by atoms with E-state index in [1.165, 1.54) is 0 Å². The maximum atomic E-state index is 10.6. The second-order valence-corrected chi connectivity index (χ2v) is 6.84. The van der Waals surface area contributed by atoms with Gasteiger partial charge >= 0.3 is 0 Å². The van der Waals surface area contributed by atoms with Gasteiger partial charge in [0.15, 0.2) is 0 Å². The van der Waals surface area contributed by atoms with Crippen LogP contribution in [0.5, 0.6) is 0 Å². The summed E-state index contributed by atoms with van der Waals surface area (Å²) in [7, 11) is -7.26. The summed E-state index contributed by atoms with van der Waals surface area (Å²) in [4.78, 5) is 17.1. The third-order valence-corrected chi connectivity index (χ3v) is 5.46. The lowest BCUT2D eigenvalue weighted by Crippen LogP contribution is -2.18. The molecule has 0 saturated carbocycles. The first-order chi connectivity index (χ1) is 4.19. The Balaban J connectivity index is 4.75. The molecule has 0 aromatic carbocycles. The van der Waals surface area contributed by atoms with Gasteiger partial charge in [0.2, 0.25) is 20.5 Å². The molecule has 7 heteroatoms. The van der Waals surface area contributed by atoms with Crippen molar-refractivity contribution >= 4 is 15.4 Å². The van der Waals surface area contributed by atoms with Gasteiger partial charge in [0.25, 0.3) is 0 Å². The van der Waals surface area contributed by atoms with E-state index in [-0.39, 0.29) is 0 Å².